The van der Waals surface area contributed by atoms with Gasteiger partial charge in [0, 0.05) is 15.4 Å². The maximum Gasteiger partial charge on any atom is 0.161 e. The minimum absolute atomic E-state index is 0.0578. The van der Waals surface area contributed by atoms with E-state index in [9.17, 15) is 4.39 Å². The average molecular weight is 386 g/mol. The zero-order valence-corrected chi connectivity index (χ0v) is 13.9. The van der Waals surface area contributed by atoms with E-state index in [0.717, 1.165) is 15.4 Å². The van der Waals surface area contributed by atoms with Crippen molar-refractivity contribution in [2.75, 3.05) is 0 Å². The van der Waals surface area contributed by atoms with Crippen LogP contribution in [0.1, 0.15) is 5.56 Å². The molecular weight excluding hydrogens is 378 g/mol. The smallest absolute Gasteiger partial charge is 0.161 e. The molecule has 0 fully saturated rings. The number of benzene rings is 2. The summed E-state index contributed by atoms with van der Waals surface area (Å²) in [5.41, 5.74) is 2.25. The van der Waals surface area contributed by atoms with Crippen LogP contribution in [0.5, 0.6) is 0 Å². The molecule has 0 atom stereocenters. The van der Waals surface area contributed by atoms with Crippen molar-refractivity contribution in [1.29, 1.82) is 0 Å². The molecular formula is C15H8BrCl2FN2. The van der Waals surface area contributed by atoms with E-state index in [1.165, 1.54) is 12.1 Å². The maximum atomic E-state index is 13.6. The summed E-state index contributed by atoms with van der Waals surface area (Å²) in [5, 5.41) is 1.14. The molecule has 106 valence electrons. The molecule has 6 heteroatoms. The van der Waals surface area contributed by atoms with Gasteiger partial charge in [0.15, 0.2) is 5.82 Å². The SMILES string of the molecule is Cc1cc(Br)c2nc(-c3ccc(Cl)c(F)c3)nc(Cl)c2c1. The molecule has 0 N–H and O–H groups in total. The number of hydrogen-bond acceptors (Lipinski definition) is 2. The monoisotopic (exact) mass is 384 g/mol. The summed E-state index contributed by atoms with van der Waals surface area (Å²) < 4.78 is 14.4. The zero-order valence-electron chi connectivity index (χ0n) is 10.8. The third-order valence-electron chi connectivity index (χ3n) is 3.03. The van der Waals surface area contributed by atoms with E-state index in [0.29, 0.717) is 22.1 Å². The van der Waals surface area contributed by atoms with Crippen LogP contribution >= 0.6 is 39.1 Å². The lowest BCUT2D eigenvalue weighted by atomic mass is 10.1. The van der Waals surface area contributed by atoms with Crippen molar-refractivity contribution >= 4 is 50.0 Å². The average Bonchev–Trinajstić information content (AvgIpc) is 2.43. The van der Waals surface area contributed by atoms with Gasteiger partial charge in [-0.05, 0) is 58.7 Å². The molecule has 0 aliphatic carbocycles. The fraction of sp³-hybridized carbons (Fsp3) is 0.0667. The summed E-state index contributed by atoms with van der Waals surface area (Å²) in [6.45, 7) is 1.96. The Hall–Kier alpha value is -1.23. The van der Waals surface area contributed by atoms with Gasteiger partial charge in [0.05, 0.1) is 10.5 Å². The second-order valence-electron chi connectivity index (χ2n) is 4.61. The second-order valence-corrected chi connectivity index (χ2v) is 6.23. The number of halogens is 4. The Morgan fingerprint density at radius 3 is 2.57 bits per heavy atom. The quantitative estimate of drug-likeness (QED) is 0.493. The Bertz CT molecular complexity index is 868. The molecule has 2 nitrogen and oxygen atoms in total. The molecule has 0 bridgehead atoms. The van der Waals surface area contributed by atoms with E-state index in [2.05, 4.69) is 25.9 Å². The van der Waals surface area contributed by atoms with Gasteiger partial charge in [-0.25, -0.2) is 14.4 Å². The van der Waals surface area contributed by atoms with Crippen LogP contribution in [0.3, 0.4) is 0 Å². The normalized spacial score (nSPS) is 11.1. The lowest BCUT2D eigenvalue weighted by molar-refractivity contribution is 0.628. The Morgan fingerprint density at radius 1 is 1.10 bits per heavy atom. The molecule has 1 heterocycles. The minimum Gasteiger partial charge on any atom is -0.227 e. The topological polar surface area (TPSA) is 25.8 Å². The van der Waals surface area contributed by atoms with Crippen molar-refractivity contribution in [2.24, 2.45) is 0 Å². The molecule has 0 spiro atoms. The van der Waals surface area contributed by atoms with Gasteiger partial charge in [0.1, 0.15) is 11.0 Å². The summed E-state index contributed by atoms with van der Waals surface area (Å²) >= 11 is 15.4. The van der Waals surface area contributed by atoms with Gasteiger partial charge in [-0.2, -0.15) is 0 Å². The van der Waals surface area contributed by atoms with Crippen LogP contribution in [-0.4, -0.2) is 9.97 Å². The van der Waals surface area contributed by atoms with Crippen LogP contribution in [0.4, 0.5) is 4.39 Å². The van der Waals surface area contributed by atoms with Crippen LogP contribution in [-0.2, 0) is 0 Å². The Balaban J connectivity index is 2.27. The zero-order chi connectivity index (χ0) is 15.1. The number of rotatable bonds is 1. The third kappa shape index (κ3) is 2.76. The summed E-state index contributed by atoms with van der Waals surface area (Å²) in [6, 6.07) is 8.28. The van der Waals surface area contributed by atoms with E-state index in [4.69, 9.17) is 23.2 Å². The van der Waals surface area contributed by atoms with Crippen molar-refractivity contribution in [1.82, 2.24) is 9.97 Å². The molecule has 0 amide bonds. The Kier molecular flexibility index (Phi) is 3.86. The summed E-state index contributed by atoms with van der Waals surface area (Å²) in [5.74, 6) is -0.162. The molecule has 1 aromatic heterocycles. The molecule has 0 aliphatic heterocycles. The van der Waals surface area contributed by atoms with Gasteiger partial charge in [-0.3, -0.25) is 0 Å². The predicted molar refractivity (Wildman–Crippen MR) is 87.4 cm³/mol. The van der Waals surface area contributed by atoms with E-state index in [1.807, 2.05) is 19.1 Å². The Morgan fingerprint density at radius 2 is 1.86 bits per heavy atom. The van der Waals surface area contributed by atoms with E-state index < -0.39 is 5.82 Å². The highest BCUT2D eigenvalue weighted by Gasteiger charge is 2.12. The van der Waals surface area contributed by atoms with E-state index >= 15 is 0 Å². The molecule has 0 radical (unpaired) electrons. The third-order valence-corrected chi connectivity index (χ3v) is 4.23. The largest absolute Gasteiger partial charge is 0.227 e. The van der Waals surface area contributed by atoms with Crippen molar-refractivity contribution in [3.8, 4) is 11.4 Å². The van der Waals surface area contributed by atoms with Gasteiger partial charge >= 0.3 is 0 Å². The fourth-order valence-electron chi connectivity index (χ4n) is 2.05. The minimum atomic E-state index is -0.517. The standard InChI is InChI=1S/C15H8BrCl2FN2/c1-7-4-9-13(10(16)5-7)20-15(21-14(9)18)8-2-3-11(17)12(19)6-8/h2-6H,1H3. The lowest BCUT2D eigenvalue weighted by Gasteiger charge is -2.07. The molecule has 0 saturated heterocycles. The van der Waals surface area contributed by atoms with Gasteiger partial charge in [0.2, 0.25) is 0 Å². The van der Waals surface area contributed by atoms with Crippen LogP contribution in [0.25, 0.3) is 22.3 Å². The van der Waals surface area contributed by atoms with Gasteiger partial charge in [0.25, 0.3) is 0 Å². The predicted octanol–water partition coefficient (Wildman–Crippen LogP) is 5.81. The first-order chi connectivity index (χ1) is 9.95. The summed E-state index contributed by atoms with van der Waals surface area (Å²) in [6.07, 6.45) is 0. The highest BCUT2D eigenvalue weighted by atomic mass is 79.9. The van der Waals surface area contributed by atoms with Gasteiger partial charge < -0.3 is 0 Å². The Labute approximate surface area is 139 Å². The molecule has 21 heavy (non-hydrogen) atoms. The maximum absolute atomic E-state index is 13.6. The summed E-state index contributed by atoms with van der Waals surface area (Å²) in [7, 11) is 0. The molecule has 0 unspecified atom stereocenters. The lowest BCUT2D eigenvalue weighted by Crippen LogP contribution is -1.94. The fourth-order valence-corrected chi connectivity index (χ4v) is 3.06. The first kappa shape index (κ1) is 14.7. The molecule has 3 aromatic rings. The van der Waals surface area contributed by atoms with Crippen LogP contribution in [0, 0.1) is 12.7 Å². The molecule has 2 aromatic carbocycles. The highest BCUT2D eigenvalue weighted by Crippen LogP contribution is 2.31. The van der Waals surface area contributed by atoms with Crippen molar-refractivity contribution < 1.29 is 4.39 Å². The van der Waals surface area contributed by atoms with Gasteiger partial charge in [-0.15, -0.1) is 0 Å². The number of aromatic nitrogens is 2. The van der Waals surface area contributed by atoms with Crippen LogP contribution in [0.15, 0.2) is 34.8 Å². The second kappa shape index (κ2) is 5.52. The van der Waals surface area contributed by atoms with Crippen molar-refractivity contribution in [3.05, 3.63) is 56.4 Å². The van der Waals surface area contributed by atoms with Crippen molar-refractivity contribution in [3.63, 3.8) is 0 Å². The van der Waals surface area contributed by atoms with E-state index in [1.54, 1.807) is 6.07 Å². The van der Waals surface area contributed by atoms with E-state index in [-0.39, 0.29) is 5.02 Å². The number of fused-ring (bicyclic) bond motifs is 1. The number of nitrogens with zero attached hydrogens (tertiary/aromatic N) is 2. The first-order valence-corrected chi connectivity index (χ1v) is 7.59. The highest BCUT2D eigenvalue weighted by molar-refractivity contribution is 9.10. The molecule has 3 rings (SSSR count). The first-order valence-electron chi connectivity index (χ1n) is 6.04. The molecule has 0 aliphatic rings. The molecule has 0 saturated carbocycles. The van der Waals surface area contributed by atoms with Crippen LogP contribution in [0.2, 0.25) is 10.2 Å². The number of aryl methyl sites for hydroxylation is 1. The summed E-state index contributed by atoms with van der Waals surface area (Å²) in [4.78, 5) is 8.71. The van der Waals surface area contributed by atoms with Gasteiger partial charge in [-0.1, -0.05) is 23.2 Å². The van der Waals surface area contributed by atoms with Crippen molar-refractivity contribution in [2.45, 2.75) is 6.92 Å². The van der Waals surface area contributed by atoms with Crippen LogP contribution < -0.4 is 0 Å². The number of hydrogen-bond donors (Lipinski definition) is 0.